The molecule has 1 aliphatic heterocycles. The zero-order valence-electron chi connectivity index (χ0n) is 12.0. The Morgan fingerprint density at radius 3 is 2.16 bits per heavy atom. The van der Waals surface area contributed by atoms with Crippen LogP contribution in [0.4, 0.5) is 0 Å². The maximum Gasteiger partial charge on any atom is 0.214 e. The molecule has 2 fully saturated rings. The van der Waals surface area contributed by atoms with Gasteiger partial charge in [-0.05, 0) is 50.6 Å². The van der Waals surface area contributed by atoms with Crippen LogP contribution in [0, 0.1) is 11.8 Å². The van der Waals surface area contributed by atoms with E-state index in [1.807, 2.05) is 0 Å². The molecule has 4 nitrogen and oxygen atoms in total. The van der Waals surface area contributed by atoms with Crippen molar-refractivity contribution in [3.63, 3.8) is 0 Å². The molecule has 1 heterocycles. The summed E-state index contributed by atoms with van der Waals surface area (Å²) in [6, 6.07) is 0. The summed E-state index contributed by atoms with van der Waals surface area (Å²) < 4.78 is 27.3. The Balaban J connectivity index is 1.75. The highest BCUT2D eigenvalue weighted by Gasteiger charge is 2.28. The molecular weight excluding hydrogens is 260 g/mol. The van der Waals surface area contributed by atoms with Gasteiger partial charge in [0.2, 0.25) is 10.0 Å². The van der Waals surface area contributed by atoms with Crippen LogP contribution in [0.1, 0.15) is 51.9 Å². The predicted octanol–water partition coefficient (Wildman–Crippen LogP) is 1.87. The van der Waals surface area contributed by atoms with Crippen molar-refractivity contribution in [2.24, 2.45) is 11.8 Å². The third-order valence-corrected chi connectivity index (χ3v) is 6.76. The van der Waals surface area contributed by atoms with Gasteiger partial charge in [-0.1, -0.05) is 26.2 Å². The lowest BCUT2D eigenvalue weighted by Crippen LogP contribution is -2.43. The fraction of sp³-hybridized carbons (Fsp3) is 1.00. The summed E-state index contributed by atoms with van der Waals surface area (Å²) in [5.41, 5.74) is 0. The number of piperidine rings is 1. The normalized spacial score (nSPS) is 30.4. The molecule has 0 spiro atoms. The van der Waals surface area contributed by atoms with Gasteiger partial charge in [0.1, 0.15) is 0 Å². The number of rotatable bonds is 5. The molecule has 0 radical (unpaired) electrons. The summed E-state index contributed by atoms with van der Waals surface area (Å²) in [6.45, 7) is 4.56. The fourth-order valence-corrected chi connectivity index (χ4v) is 4.86. The molecule has 1 aliphatic carbocycles. The van der Waals surface area contributed by atoms with E-state index in [-0.39, 0.29) is 5.25 Å². The highest BCUT2D eigenvalue weighted by atomic mass is 32.2. The topological polar surface area (TPSA) is 58.2 Å². The standard InChI is InChI=1S/C14H28N2O2S/c1-2-12-3-5-13(6-4-12)11-16-19(17,18)14-7-9-15-10-8-14/h12-16H,2-11H2,1H3. The molecule has 2 rings (SSSR count). The Morgan fingerprint density at radius 1 is 1.00 bits per heavy atom. The van der Waals surface area contributed by atoms with Crippen LogP contribution < -0.4 is 10.0 Å². The van der Waals surface area contributed by atoms with E-state index < -0.39 is 10.0 Å². The highest BCUT2D eigenvalue weighted by molar-refractivity contribution is 7.90. The average Bonchev–Trinajstić information content (AvgIpc) is 2.47. The smallest absolute Gasteiger partial charge is 0.214 e. The van der Waals surface area contributed by atoms with Crippen molar-refractivity contribution in [3.8, 4) is 0 Å². The first-order chi connectivity index (χ1) is 9.12. The fourth-order valence-electron chi connectivity index (χ4n) is 3.30. The molecule has 0 unspecified atom stereocenters. The van der Waals surface area contributed by atoms with Crippen molar-refractivity contribution >= 4 is 10.0 Å². The van der Waals surface area contributed by atoms with E-state index in [1.165, 1.54) is 32.1 Å². The van der Waals surface area contributed by atoms with Crippen LogP contribution in [0.3, 0.4) is 0 Å². The van der Waals surface area contributed by atoms with Gasteiger partial charge < -0.3 is 5.32 Å². The second kappa shape index (κ2) is 7.04. The highest BCUT2D eigenvalue weighted by Crippen LogP contribution is 2.30. The molecule has 2 N–H and O–H groups in total. The van der Waals surface area contributed by atoms with Gasteiger partial charge in [-0.3, -0.25) is 0 Å². The van der Waals surface area contributed by atoms with E-state index in [0.717, 1.165) is 31.8 Å². The van der Waals surface area contributed by atoms with E-state index in [1.54, 1.807) is 0 Å². The summed E-state index contributed by atoms with van der Waals surface area (Å²) in [6.07, 6.45) is 7.69. The molecule has 0 aromatic carbocycles. The second-order valence-electron chi connectivity index (χ2n) is 6.14. The van der Waals surface area contributed by atoms with Crippen molar-refractivity contribution in [2.45, 2.75) is 57.1 Å². The third kappa shape index (κ3) is 4.43. The van der Waals surface area contributed by atoms with Crippen molar-refractivity contribution in [1.82, 2.24) is 10.0 Å². The van der Waals surface area contributed by atoms with Gasteiger partial charge in [-0.25, -0.2) is 13.1 Å². The Morgan fingerprint density at radius 2 is 1.58 bits per heavy atom. The summed E-state index contributed by atoms with van der Waals surface area (Å²) in [7, 11) is -3.09. The van der Waals surface area contributed by atoms with Crippen LogP contribution in [0.15, 0.2) is 0 Å². The Labute approximate surface area is 117 Å². The molecule has 5 heteroatoms. The molecule has 19 heavy (non-hydrogen) atoms. The summed E-state index contributed by atoms with van der Waals surface area (Å²) in [5.74, 6) is 1.43. The molecule has 0 atom stereocenters. The maximum atomic E-state index is 12.2. The van der Waals surface area contributed by atoms with Gasteiger partial charge in [0.15, 0.2) is 0 Å². The number of hydrogen-bond acceptors (Lipinski definition) is 3. The van der Waals surface area contributed by atoms with E-state index in [4.69, 9.17) is 0 Å². The molecule has 112 valence electrons. The van der Waals surface area contributed by atoms with E-state index in [9.17, 15) is 8.42 Å². The van der Waals surface area contributed by atoms with Crippen LogP contribution in [-0.2, 0) is 10.0 Å². The summed E-state index contributed by atoms with van der Waals surface area (Å²) in [4.78, 5) is 0. The SMILES string of the molecule is CCC1CCC(CNS(=O)(=O)C2CCNCC2)CC1. The zero-order valence-corrected chi connectivity index (χ0v) is 12.8. The van der Waals surface area contributed by atoms with Crippen LogP contribution in [0.2, 0.25) is 0 Å². The van der Waals surface area contributed by atoms with Gasteiger partial charge in [-0.2, -0.15) is 0 Å². The Kier molecular flexibility index (Phi) is 5.66. The summed E-state index contributed by atoms with van der Waals surface area (Å²) >= 11 is 0. The van der Waals surface area contributed by atoms with Crippen LogP contribution in [-0.4, -0.2) is 33.3 Å². The Hall–Kier alpha value is -0.130. The van der Waals surface area contributed by atoms with Crippen molar-refractivity contribution in [1.29, 1.82) is 0 Å². The summed E-state index contributed by atoms with van der Waals surface area (Å²) in [5, 5.41) is 3.03. The van der Waals surface area contributed by atoms with Crippen molar-refractivity contribution in [3.05, 3.63) is 0 Å². The first kappa shape index (κ1) is 15.3. The number of sulfonamides is 1. The van der Waals surface area contributed by atoms with Crippen LogP contribution >= 0.6 is 0 Å². The minimum absolute atomic E-state index is 0.180. The van der Waals surface area contributed by atoms with E-state index in [0.29, 0.717) is 12.5 Å². The largest absolute Gasteiger partial charge is 0.317 e. The molecule has 1 saturated heterocycles. The van der Waals surface area contributed by atoms with E-state index >= 15 is 0 Å². The van der Waals surface area contributed by atoms with Gasteiger partial charge in [0.05, 0.1) is 5.25 Å². The first-order valence-electron chi connectivity index (χ1n) is 7.81. The molecule has 0 bridgehead atoms. The minimum Gasteiger partial charge on any atom is -0.317 e. The van der Waals surface area contributed by atoms with Crippen LogP contribution in [0.5, 0.6) is 0 Å². The van der Waals surface area contributed by atoms with Gasteiger partial charge in [0.25, 0.3) is 0 Å². The number of nitrogens with one attached hydrogen (secondary N) is 2. The van der Waals surface area contributed by atoms with Gasteiger partial charge >= 0.3 is 0 Å². The molecule has 0 aromatic heterocycles. The Bertz CT molecular complexity index is 356. The van der Waals surface area contributed by atoms with E-state index in [2.05, 4.69) is 17.0 Å². The molecule has 1 saturated carbocycles. The third-order valence-electron chi connectivity index (χ3n) is 4.84. The van der Waals surface area contributed by atoms with Gasteiger partial charge in [0, 0.05) is 6.54 Å². The second-order valence-corrected chi connectivity index (χ2v) is 8.18. The first-order valence-corrected chi connectivity index (χ1v) is 9.35. The van der Waals surface area contributed by atoms with Crippen LogP contribution in [0.25, 0.3) is 0 Å². The minimum atomic E-state index is -3.09. The lowest BCUT2D eigenvalue weighted by Gasteiger charge is -2.29. The van der Waals surface area contributed by atoms with Gasteiger partial charge in [-0.15, -0.1) is 0 Å². The lowest BCUT2D eigenvalue weighted by atomic mass is 9.81. The average molecular weight is 288 g/mol. The number of hydrogen-bond donors (Lipinski definition) is 2. The zero-order chi connectivity index (χ0) is 13.7. The molecule has 0 aromatic rings. The maximum absolute atomic E-state index is 12.2. The monoisotopic (exact) mass is 288 g/mol. The molecule has 0 amide bonds. The predicted molar refractivity (Wildman–Crippen MR) is 78.6 cm³/mol. The van der Waals surface area contributed by atoms with Crippen molar-refractivity contribution < 1.29 is 8.42 Å². The quantitative estimate of drug-likeness (QED) is 0.812. The molecular formula is C14H28N2O2S. The molecule has 2 aliphatic rings. The lowest BCUT2D eigenvalue weighted by molar-refractivity contribution is 0.269. The van der Waals surface area contributed by atoms with Crippen molar-refractivity contribution in [2.75, 3.05) is 19.6 Å².